The van der Waals surface area contributed by atoms with Crippen molar-refractivity contribution >= 4 is 0 Å². The molecule has 3 atom stereocenters. The van der Waals surface area contributed by atoms with Crippen LogP contribution in [0.25, 0.3) is 0 Å². The first kappa shape index (κ1) is 14.1. The van der Waals surface area contributed by atoms with E-state index < -0.39 is 0 Å². The first-order valence-electron chi connectivity index (χ1n) is 8.39. The highest BCUT2D eigenvalue weighted by Crippen LogP contribution is 2.35. The molecule has 1 saturated carbocycles. The topological polar surface area (TPSA) is 29.3 Å². The highest BCUT2D eigenvalue weighted by atomic mass is 15.2. The van der Waals surface area contributed by atoms with Crippen molar-refractivity contribution in [3.05, 3.63) is 35.9 Å². The average Bonchev–Trinajstić information content (AvgIpc) is 2.53. The Bertz CT molecular complexity index is 401. The fourth-order valence-corrected chi connectivity index (χ4v) is 4.18. The number of fused-ring (bicyclic) bond motifs is 1. The van der Waals surface area contributed by atoms with Crippen molar-refractivity contribution < 1.29 is 0 Å². The quantitative estimate of drug-likeness (QED) is 0.905. The zero-order valence-corrected chi connectivity index (χ0v) is 12.5. The smallest absolute Gasteiger partial charge is 0.0307 e. The van der Waals surface area contributed by atoms with E-state index >= 15 is 0 Å². The molecule has 1 aromatic carbocycles. The van der Waals surface area contributed by atoms with Crippen LogP contribution < -0.4 is 5.73 Å². The lowest BCUT2D eigenvalue weighted by Gasteiger charge is -2.44. The molecular formula is C18H28N2. The summed E-state index contributed by atoms with van der Waals surface area (Å²) < 4.78 is 0. The van der Waals surface area contributed by atoms with Gasteiger partial charge >= 0.3 is 0 Å². The van der Waals surface area contributed by atoms with Gasteiger partial charge in [0.1, 0.15) is 0 Å². The fraction of sp³-hybridized carbons (Fsp3) is 0.667. The molecule has 1 aliphatic heterocycles. The van der Waals surface area contributed by atoms with Gasteiger partial charge in [-0.2, -0.15) is 0 Å². The third kappa shape index (κ3) is 3.24. The summed E-state index contributed by atoms with van der Waals surface area (Å²) in [5.41, 5.74) is 7.64. The van der Waals surface area contributed by atoms with E-state index in [2.05, 4.69) is 35.2 Å². The van der Waals surface area contributed by atoms with Crippen LogP contribution in [0.2, 0.25) is 0 Å². The third-order valence-corrected chi connectivity index (χ3v) is 5.31. The second kappa shape index (κ2) is 6.73. The van der Waals surface area contributed by atoms with Gasteiger partial charge < -0.3 is 10.6 Å². The molecule has 2 heteroatoms. The monoisotopic (exact) mass is 272 g/mol. The molecule has 1 aliphatic carbocycles. The lowest BCUT2D eigenvalue weighted by atomic mass is 9.78. The second-order valence-corrected chi connectivity index (χ2v) is 6.60. The van der Waals surface area contributed by atoms with Gasteiger partial charge in [0.15, 0.2) is 0 Å². The summed E-state index contributed by atoms with van der Waals surface area (Å²) in [6.45, 7) is 2.47. The van der Waals surface area contributed by atoms with Gasteiger partial charge in [0.05, 0.1) is 0 Å². The van der Waals surface area contributed by atoms with E-state index in [1.54, 1.807) is 0 Å². The van der Waals surface area contributed by atoms with Gasteiger partial charge in [0, 0.05) is 18.6 Å². The molecule has 1 saturated heterocycles. The lowest BCUT2D eigenvalue weighted by molar-refractivity contribution is 0.0586. The molecule has 2 fully saturated rings. The fourth-order valence-electron chi connectivity index (χ4n) is 4.18. The van der Waals surface area contributed by atoms with E-state index in [4.69, 9.17) is 5.73 Å². The number of hydrogen-bond donors (Lipinski definition) is 1. The molecule has 0 radical (unpaired) electrons. The van der Waals surface area contributed by atoms with E-state index in [9.17, 15) is 0 Å². The summed E-state index contributed by atoms with van der Waals surface area (Å²) in [7, 11) is 0. The Morgan fingerprint density at radius 2 is 1.80 bits per heavy atom. The predicted octanol–water partition coefficient (Wildman–Crippen LogP) is 3.73. The minimum atomic E-state index is 0.195. The summed E-state index contributed by atoms with van der Waals surface area (Å²) in [6, 6.07) is 11.6. The van der Waals surface area contributed by atoms with Crippen LogP contribution in [0.1, 0.15) is 56.6 Å². The highest BCUT2D eigenvalue weighted by Gasteiger charge is 2.32. The van der Waals surface area contributed by atoms with E-state index in [1.807, 2.05) is 0 Å². The predicted molar refractivity (Wildman–Crippen MR) is 84.5 cm³/mol. The maximum atomic E-state index is 6.35. The van der Waals surface area contributed by atoms with Crippen molar-refractivity contribution in [1.82, 2.24) is 4.90 Å². The molecule has 0 spiro atoms. The zero-order valence-electron chi connectivity index (χ0n) is 12.5. The second-order valence-electron chi connectivity index (χ2n) is 6.60. The highest BCUT2D eigenvalue weighted by molar-refractivity contribution is 5.18. The van der Waals surface area contributed by atoms with Gasteiger partial charge in [-0.15, -0.1) is 0 Å². The molecule has 2 N–H and O–H groups in total. The van der Waals surface area contributed by atoms with Crippen molar-refractivity contribution in [2.75, 3.05) is 13.1 Å². The summed E-state index contributed by atoms with van der Waals surface area (Å²) in [6.07, 6.45) is 9.72. The molecule has 2 nitrogen and oxygen atoms in total. The largest absolute Gasteiger partial charge is 0.324 e. The van der Waals surface area contributed by atoms with Crippen molar-refractivity contribution in [2.45, 2.75) is 57.0 Å². The van der Waals surface area contributed by atoms with Crippen LogP contribution in [0.3, 0.4) is 0 Å². The van der Waals surface area contributed by atoms with Crippen molar-refractivity contribution in [2.24, 2.45) is 11.7 Å². The molecule has 0 bridgehead atoms. The van der Waals surface area contributed by atoms with E-state index in [0.717, 1.165) is 18.4 Å². The number of nitrogens with zero attached hydrogens (tertiary/aromatic N) is 1. The number of nitrogens with two attached hydrogens (primary N) is 1. The molecule has 0 aromatic heterocycles. The van der Waals surface area contributed by atoms with Crippen LogP contribution in [-0.2, 0) is 0 Å². The van der Waals surface area contributed by atoms with Gasteiger partial charge in [-0.1, -0.05) is 43.2 Å². The van der Waals surface area contributed by atoms with Gasteiger partial charge in [-0.05, 0) is 50.1 Å². The minimum absolute atomic E-state index is 0.195. The van der Waals surface area contributed by atoms with Crippen molar-refractivity contribution in [3.63, 3.8) is 0 Å². The van der Waals surface area contributed by atoms with Crippen LogP contribution in [0.4, 0.5) is 0 Å². The van der Waals surface area contributed by atoms with Crippen molar-refractivity contribution in [3.8, 4) is 0 Å². The molecular weight excluding hydrogens is 244 g/mol. The van der Waals surface area contributed by atoms with Crippen LogP contribution in [0.5, 0.6) is 0 Å². The Balaban J connectivity index is 1.54. The number of rotatable bonds is 4. The van der Waals surface area contributed by atoms with Crippen LogP contribution in [-0.4, -0.2) is 24.0 Å². The Morgan fingerprint density at radius 3 is 2.65 bits per heavy atom. The van der Waals surface area contributed by atoms with Gasteiger partial charge in [0.25, 0.3) is 0 Å². The summed E-state index contributed by atoms with van der Waals surface area (Å²) in [5, 5.41) is 0. The molecule has 110 valence electrons. The Morgan fingerprint density at radius 1 is 1.05 bits per heavy atom. The summed E-state index contributed by atoms with van der Waals surface area (Å²) >= 11 is 0. The summed E-state index contributed by atoms with van der Waals surface area (Å²) in [5.74, 6) is 0.977. The lowest BCUT2D eigenvalue weighted by Crippen LogP contribution is -2.47. The number of piperidine rings is 1. The van der Waals surface area contributed by atoms with E-state index in [0.29, 0.717) is 0 Å². The molecule has 1 heterocycles. The first-order valence-corrected chi connectivity index (χ1v) is 8.39. The minimum Gasteiger partial charge on any atom is -0.324 e. The molecule has 0 amide bonds. The van der Waals surface area contributed by atoms with Crippen LogP contribution >= 0.6 is 0 Å². The molecule has 1 aromatic rings. The first-order chi connectivity index (χ1) is 9.84. The number of likely N-dealkylation sites (tertiary alicyclic amines) is 1. The molecule has 2 aliphatic rings. The molecule has 1 unspecified atom stereocenters. The molecule has 20 heavy (non-hydrogen) atoms. The Labute approximate surface area is 123 Å². The normalized spacial score (nSPS) is 28.9. The number of hydrogen-bond acceptors (Lipinski definition) is 2. The Kier molecular flexibility index (Phi) is 4.74. The third-order valence-electron chi connectivity index (χ3n) is 5.31. The van der Waals surface area contributed by atoms with E-state index in [-0.39, 0.29) is 6.04 Å². The zero-order chi connectivity index (χ0) is 13.8. The average molecular weight is 272 g/mol. The summed E-state index contributed by atoms with van der Waals surface area (Å²) in [4.78, 5) is 2.75. The van der Waals surface area contributed by atoms with Crippen LogP contribution in [0.15, 0.2) is 30.3 Å². The van der Waals surface area contributed by atoms with Crippen LogP contribution in [0, 0.1) is 5.92 Å². The van der Waals surface area contributed by atoms with Gasteiger partial charge in [-0.25, -0.2) is 0 Å². The Hall–Kier alpha value is -0.860. The van der Waals surface area contributed by atoms with Gasteiger partial charge in [0.2, 0.25) is 0 Å². The van der Waals surface area contributed by atoms with Gasteiger partial charge in [-0.3, -0.25) is 0 Å². The van der Waals surface area contributed by atoms with Crippen molar-refractivity contribution in [1.29, 1.82) is 0 Å². The molecule has 3 rings (SSSR count). The number of benzene rings is 1. The maximum absolute atomic E-state index is 6.35. The SMILES string of the molecule is NC(CCN1CCC[C@H]2CCCC[C@H]21)c1ccccc1. The maximum Gasteiger partial charge on any atom is 0.0307 e. The van der Waals surface area contributed by atoms with E-state index in [1.165, 1.54) is 57.2 Å². The standard InChI is InChI=1S/C18H28N2/c19-17(15-7-2-1-3-8-15)12-14-20-13-6-10-16-9-4-5-11-18(16)20/h1-3,7-8,16-18H,4-6,9-14,19H2/t16-,17?,18-/m1/s1.